The number of rotatable bonds is 3. The maximum Gasteiger partial charge on any atom is 0.347 e. The molecule has 0 N–H and O–H groups in total. The molecule has 0 fully saturated rings. The van der Waals surface area contributed by atoms with Gasteiger partial charge in [0.25, 0.3) is 0 Å². The Balaban J connectivity index is 1.50. The van der Waals surface area contributed by atoms with E-state index in [-0.39, 0.29) is 11.7 Å². The summed E-state index contributed by atoms with van der Waals surface area (Å²) in [5, 5.41) is 6.89. The van der Waals surface area contributed by atoms with Gasteiger partial charge in [0.05, 0.1) is 12.7 Å². The molecule has 0 saturated heterocycles. The van der Waals surface area contributed by atoms with Crippen LogP contribution in [0.5, 0.6) is 0 Å². The van der Waals surface area contributed by atoms with Crippen LogP contribution in [0.3, 0.4) is 0 Å². The van der Waals surface area contributed by atoms with E-state index in [9.17, 15) is 4.79 Å². The van der Waals surface area contributed by atoms with Crippen molar-refractivity contribution in [1.82, 2.24) is 19.2 Å². The van der Waals surface area contributed by atoms with Gasteiger partial charge in [-0.15, -0.1) is 11.3 Å². The highest BCUT2D eigenvalue weighted by atomic mass is 32.1. The van der Waals surface area contributed by atoms with Gasteiger partial charge in [0.2, 0.25) is 0 Å². The molecule has 2 aliphatic rings. The second kappa shape index (κ2) is 7.09. The molecule has 0 saturated carbocycles. The first kappa shape index (κ1) is 17.0. The second-order valence-corrected chi connectivity index (χ2v) is 8.48. The van der Waals surface area contributed by atoms with Crippen LogP contribution in [0.4, 0.5) is 0 Å². The summed E-state index contributed by atoms with van der Waals surface area (Å²) >= 11 is 1.84. The van der Waals surface area contributed by atoms with E-state index in [0.717, 1.165) is 44.6 Å². The van der Waals surface area contributed by atoms with Crippen molar-refractivity contribution in [3.8, 4) is 0 Å². The van der Waals surface area contributed by atoms with Crippen molar-refractivity contribution in [2.75, 3.05) is 6.54 Å². The lowest BCUT2D eigenvalue weighted by molar-refractivity contribution is 0.154. The zero-order valence-electron chi connectivity index (χ0n) is 15.4. The third kappa shape index (κ3) is 3.07. The average Bonchev–Trinajstić information content (AvgIpc) is 3.20. The van der Waals surface area contributed by atoms with E-state index < -0.39 is 0 Å². The molecule has 2 aliphatic heterocycles. The zero-order chi connectivity index (χ0) is 18.2. The van der Waals surface area contributed by atoms with Crippen LogP contribution in [-0.4, -0.2) is 25.8 Å². The predicted molar refractivity (Wildman–Crippen MR) is 107 cm³/mol. The summed E-state index contributed by atoms with van der Waals surface area (Å²) in [6, 6.07) is 13.1. The van der Waals surface area contributed by atoms with E-state index in [4.69, 9.17) is 5.10 Å². The number of hydrogen-bond donors (Lipinski definition) is 0. The Labute approximate surface area is 162 Å². The van der Waals surface area contributed by atoms with Crippen LogP contribution in [0.2, 0.25) is 0 Å². The first-order valence-electron chi connectivity index (χ1n) is 9.83. The fraction of sp³-hybridized carbons (Fsp3) is 0.429. The van der Waals surface area contributed by atoms with Crippen LogP contribution in [0.1, 0.15) is 47.1 Å². The van der Waals surface area contributed by atoms with Crippen molar-refractivity contribution in [3.63, 3.8) is 0 Å². The number of thiophene rings is 1. The Hall–Kier alpha value is -2.18. The number of nitrogens with zero attached hydrogens (tertiary/aromatic N) is 4. The maximum absolute atomic E-state index is 12.9. The molecule has 0 radical (unpaired) electrons. The molecule has 0 aliphatic carbocycles. The summed E-state index contributed by atoms with van der Waals surface area (Å²) in [5.74, 6) is 0.960. The molecule has 3 aromatic rings. The van der Waals surface area contributed by atoms with Gasteiger partial charge < -0.3 is 0 Å². The molecule has 140 valence electrons. The van der Waals surface area contributed by atoms with Gasteiger partial charge in [-0.05, 0) is 41.8 Å². The van der Waals surface area contributed by atoms with Gasteiger partial charge in [0.15, 0.2) is 0 Å². The molecule has 27 heavy (non-hydrogen) atoms. The molecule has 0 amide bonds. The quantitative estimate of drug-likeness (QED) is 0.699. The predicted octanol–water partition coefficient (Wildman–Crippen LogP) is 3.44. The number of aromatic nitrogens is 3. The topological polar surface area (TPSA) is 43.1 Å². The molecule has 4 heterocycles. The normalized spacial score (nSPS) is 20.1. The lowest BCUT2D eigenvalue weighted by Crippen LogP contribution is -2.40. The van der Waals surface area contributed by atoms with Gasteiger partial charge in [0, 0.05) is 24.4 Å². The monoisotopic (exact) mass is 380 g/mol. The molecular weight excluding hydrogens is 356 g/mol. The number of benzene rings is 1. The molecule has 1 atom stereocenters. The van der Waals surface area contributed by atoms with E-state index >= 15 is 0 Å². The summed E-state index contributed by atoms with van der Waals surface area (Å²) in [6.45, 7) is 2.31. The number of fused-ring (bicyclic) bond motifs is 2. The SMILES string of the molecule is O=c1n(CN2CCc3sccc3[C@H]2c2ccccc2)nc2n1CCCCC2. The summed E-state index contributed by atoms with van der Waals surface area (Å²) in [4.78, 5) is 16.8. The molecule has 0 bridgehead atoms. The Bertz CT molecular complexity index is 987. The van der Waals surface area contributed by atoms with E-state index in [1.807, 2.05) is 15.9 Å². The lowest BCUT2D eigenvalue weighted by Gasteiger charge is -2.35. The largest absolute Gasteiger partial charge is 0.347 e. The van der Waals surface area contributed by atoms with Gasteiger partial charge in [-0.3, -0.25) is 9.47 Å². The van der Waals surface area contributed by atoms with Crippen molar-refractivity contribution in [2.24, 2.45) is 0 Å². The average molecular weight is 381 g/mol. The Morgan fingerprint density at radius 3 is 2.81 bits per heavy atom. The maximum atomic E-state index is 12.9. The first-order valence-corrected chi connectivity index (χ1v) is 10.7. The lowest BCUT2D eigenvalue weighted by atomic mass is 9.94. The molecule has 5 nitrogen and oxygen atoms in total. The Kier molecular flexibility index (Phi) is 4.45. The van der Waals surface area contributed by atoms with Crippen molar-refractivity contribution in [1.29, 1.82) is 0 Å². The summed E-state index contributed by atoms with van der Waals surface area (Å²) in [5.41, 5.74) is 2.71. The van der Waals surface area contributed by atoms with Crippen molar-refractivity contribution in [2.45, 2.75) is 51.4 Å². The van der Waals surface area contributed by atoms with Gasteiger partial charge >= 0.3 is 5.69 Å². The van der Waals surface area contributed by atoms with E-state index in [1.165, 1.54) is 22.4 Å². The minimum absolute atomic E-state index is 0.0508. The summed E-state index contributed by atoms with van der Waals surface area (Å²) in [7, 11) is 0. The first-order chi connectivity index (χ1) is 13.3. The van der Waals surface area contributed by atoms with Crippen LogP contribution in [0.25, 0.3) is 0 Å². The van der Waals surface area contributed by atoms with Crippen LogP contribution >= 0.6 is 11.3 Å². The molecule has 1 aromatic carbocycles. The van der Waals surface area contributed by atoms with E-state index in [0.29, 0.717) is 6.67 Å². The van der Waals surface area contributed by atoms with Gasteiger partial charge in [0.1, 0.15) is 5.82 Å². The highest BCUT2D eigenvalue weighted by Crippen LogP contribution is 2.37. The number of hydrogen-bond acceptors (Lipinski definition) is 4. The van der Waals surface area contributed by atoms with Gasteiger partial charge in [-0.2, -0.15) is 9.78 Å². The Morgan fingerprint density at radius 2 is 1.93 bits per heavy atom. The third-order valence-corrected chi connectivity index (χ3v) is 6.77. The minimum Gasteiger partial charge on any atom is -0.279 e. The van der Waals surface area contributed by atoms with E-state index in [1.54, 1.807) is 4.68 Å². The van der Waals surface area contributed by atoms with Crippen molar-refractivity contribution < 1.29 is 0 Å². The highest BCUT2D eigenvalue weighted by Gasteiger charge is 2.30. The highest BCUT2D eigenvalue weighted by molar-refractivity contribution is 7.10. The fourth-order valence-corrected chi connectivity index (χ4v) is 5.34. The molecule has 5 rings (SSSR count). The molecular formula is C21H24N4OS. The smallest absolute Gasteiger partial charge is 0.279 e. The molecule has 0 spiro atoms. The fourth-order valence-electron chi connectivity index (χ4n) is 4.44. The standard InChI is InChI=1S/C21H24N4OS/c26-21-24-12-6-2-5-9-19(24)22-25(21)15-23-13-10-18-17(11-14-27-18)20(23)16-7-3-1-4-8-16/h1,3-4,7-8,11,14,20H,2,5-6,9-10,12-13,15H2/t20-/m1/s1. The number of aryl methyl sites for hydroxylation is 1. The molecule has 2 aromatic heterocycles. The van der Waals surface area contributed by atoms with Gasteiger partial charge in [-0.1, -0.05) is 36.8 Å². The van der Waals surface area contributed by atoms with Gasteiger partial charge in [-0.25, -0.2) is 4.79 Å². The van der Waals surface area contributed by atoms with Crippen molar-refractivity contribution >= 4 is 11.3 Å². The molecule has 0 unspecified atom stereocenters. The van der Waals surface area contributed by atoms with Crippen molar-refractivity contribution in [3.05, 3.63) is 74.1 Å². The summed E-state index contributed by atoms with van der Waals surface area (Å²) < 4.78 is 3.58. The van der Waals surface area contributed by atoms with Crippen LogP contribution in [-0.2, 0) is 26.1 Å². The van der Waals surface area contributed by atoms with E-state index in [2.05, 4.69) is 46.7 Å². The second-order valence-electron chi connectivity index (χ2n) is 7.48. The van der Waals surface area contributed by atoms with Crippen LogP contribution in [0, 0.1) is 0 Å². The summed E-state index contributed by atoms with van der Waals surface area (Å²) in [6.07, 6.45) is 5.35. The van der Waals surface area contributed by atoms with Crippen LogP contribution < -0.4 is 5.69 Å². The zero-order valence-corrected chi connectivity index (χ0v) is 16.2. The third-order valence-electron chi connectivity index (χ3n) is 5.78. The minimum atomic E-state index is 0.0508. The van der Waals surface area contributed by atoms with Crippen LogP contribution in [0.15, 0.2) is 46.6 Å². The Morgan fingerprint density at radius 1 is 1.04 bits per heavy atom. The molecule has 6 heteroatoms.